The van der Waals surface area contributed by atoms with Gasteiger partial charge in [0.05, 0.1) is 5.69 Å². The fourth-order valence-corrected chi connectivity index (χ4v) is 4.06. The van der Waals surface area contributed by atoms with Gasteiger partial charge >= 0.3 is 0 Å². The topological polar surface area (TPSA) is 91.9 Å². The summed E-state index contributed by atoms with van der Waals surface area (Å²) in [6.07, 6.45) is 4.75. The molecule has 1 amide bonds. The predicted molar refractivity (Wildman–Crippen MR) is 79.9 cm³/mol. The monoisotopic (exact) mass is 333 g/mol. The van der Waals surface area contributed by atoms with Crippen molar-refractivity contribution in [1.82, 2.24) is 15.5 Å². The lowest BCUT2D eigenvalue weighted by molar-refractivity contribution is 0.0842. The first-order valence-electron chi connectivity index (χ1n) is 7.13. The van der Waals surface area contributed by atoms with Crippen LogP contribution in [-0.2, 0) is 15.5 Å². The number of carbonyl (C=O) groups excluding carboxylic acids is 1. The number of hydrogen-bond acceptors (Lipinski definition) is 4. The molecule has 0 aromatic carbocycles. The number of halogens is 1. The van der Waals surface area contributed by atoms with Gasteiger partial charge in [-0.25, -0.2) is 8.42 Å². The van der Waals surface area contributed by atoms with Crippen molar-refractivity contribution >= 4 is 25.6 Å². The maximum absolute atomic E-state index is 12.2. The number of hydrogen-bond donors (Lipinski definition) is 2. The molecule has 1 saturated carbocycles. The number of rotatable bonds is 6. The van der Waals surface area contributed by atoms with Crippen molar-refractivity contribution in [1.29, 1.82) is 0 Å². The lowest BCUT2D eigenvalue weighted by atomic mass is 9.67. The summed E-state index contributed by atoms with van der Waals surface area (Å²) in [6, 6.07) is 0. The van der Waals surface area contributed by atoms with Gasteiger partial charge in [-0.15, -0.1) is 0 Å². The van der Waals surface area contributed by atoms with Crippen LogP contribution in [0.25, 0.3) is 0 Å². The molecule has 1 aliphatic carbocycles. The number of aromatic amines is 1. The van der Waals surface area contributed by atoms with E-state index >= 15 is 0 Å². The third-order valence-electron chi connectivity index (χ3n) is 4.39. The summed E-state index contributed by atoms with van der Waals surface area (Å²) < 4.78 is 23.3. The molecule has 0 saturated heterocycles. The van der Waals surface area contributed by atoms with Gasteiger partial charge in [0.25, 0.3) is 15.0 Å². The minimum Gasteiger partial charge on any atom is -0.350 e. The second-order valence-corrected chi connectivity index (χ2v) is 8.06. The average Bonchev–Trinajstić information content (AvgIpc) is 2.81. The van der Waals surface area contributed by atoms with E-state index < -0.39 is 15.0 Å². The van der Waals surface area contributed by atoms with E-state index in [9.17, 15) is 13.2 Å². The van der Waals surface area contributed by atoms with Gasteiger partial charge in [0.1, 0.15) is 4.90 Å². The number of carbonyl (C=O) groups is 1. The zero-order chi connectivity index (χ0) is 15.7. The Morgan fingerprint density at radius 2 is 2.10 bits per heavy atom. The molecule has 0 radical (unpaired) electrons. The zero-order valence-corrected chi connectivity index (χ0v) is 13.8. The van der Waals surface area contributed by atoms with E-state index in [0.29, 0.717) is 18.7 Å². The molecule has 118 valence electrons. The van der Waals surface area contributed by atoms with Gasteiger partial charge in [-0.1, -0.05) is 20.3 Å². The summed E-state index contributed by atoms with van der Waals surface area (Å²) in [5.74, 6) is -0.495. The van der Waals surface area contributed by atoms with Crippen LogP contribution in [0.15, 0.2) is 4.90 Å². The Balaban J connectivity index is 2.18. The molecule has 1 aromatic rings. The van der Waals surface area contributed by atoms with E-state index in [4.69, 9.17) is 10.7 Å². The molecule has 1 heterocycles. The Kier molecular flexibility index (Phi) is 4.63. The van der Waals surface area contributed by atoms with Crippen molar-refractivity contribution in [3.8, 4) is 0 Å². The van der Waals surface area contributed by atoms with Gasteiger partial charge in [-0.05, 0) is 31.1 Å². The highest BCUT2D eigenvalue weighted by atomic mass is 35.7. The minimum absolute atomic E-state index is 0.146. The van der Waals surface area contributed by atoms with E-state index in [1.807, 2.05) is 0 Å². The van der Waals surface area contributed by atoms with Gasteiger partial charge in [0, 0.05) is 17.2 Å². The predicted octanol–water partition coefficient (Wildman–Crippen LogP) is 2.21. The molecule has 21 heavy (non-hydrogen) atoms. The molecule has 0 bridgehead atoms. The van der Waals surface area contributed by atoms with Crippen molar-refractivity contribution in [2.45, 2.75) is 50.8 Å². The number of aryl methyl sites for hydroxylation is 1. The lowest BCUT2D eigenvalue weighted by Gasteiger charge is -2.41. The lowest BCUT2D eigenvalue weighted by Crippen LogP contribution is -2.42. The third kappa shape index (κ3) is 3.23. The van der Waals surface area contributed by atoms with Crippen LogP contribution in [-0.4, -0.2) is 31.1 Å². The molecule has 0 aliphatic heterocycles. The fraction of sp³-hybridized carbons (Fsp3) is 0.692. The van der Waals surface area contributed by atoms with Gasteiger partial charge in [0.2, 0.25) is 0 Å². The highest BCUT2D eigenvalue weighted by Gasteiger charge is 2.36. The number of nitrogens with one attached hydrogen (secondary N) is 2. The molecule has 2 rings (SSSR count). The molecular formula is C13H20ClN3O3S. The average molecular weight is 334 g/mol. The largest absolute Gasteiger partial charge is 0.350 e. The quantitative estimate of drug-likeness (QED) is 0.781. The van der Waals surface area contributed by atoms with Crippen LogP contribution in [0.3, 0.4) is 0 Å². The number of H-pyrrole nitrogens is 1. The third-order valence-corrected chi connectivity index (χ3v) is 5.78. The summed E-state index contributed by atoms with van der Waals surface area (Å²) in [5, 5.41) is 9.20. The van der Waals surface area contributed by atoms with Crippen LogP contribution >= 0.6 is 10.7 Å². The van der Waals surface area contributed by atoms with Crippen LogP contribution in [0, 0.1) is 5.41 Å². The molecule has 0 unspecified atom stereocenters. The maximum atomic E-state index is 12.2. The number of amides is 1. The SMILES string of the molecule is CCc1[nH]nc(C(=O)NCC2(CC)CCC2)c1S(=O)(=O)Cl. The first kappa shape index (κ1) is 16.3. The summed E-state index contributed by atoms with van der Waals surface area (Å²) >= 11 is 0. The summed E-state index contributed by atoms with van der Waals surface area (Å²) in [5.41, 5.74) is 0.357. The first-order chi connectivity index (χ1) is 9.83. The summed E-state index contributed by atoms with van der Waals surface area (Å²) in [7, 11) is 1.41. The Hall–Kier alpha value is -1.08. The molecule has 6 nitrogen and oxygen atoms in total. The second-order valence-electron chi connectivity index (χ2n) is 5.56. The molecule has 1 fully saturated rings. The molecule has 0 atom stereocenters. The first-order valence-corrected chi connectivity index (χ1v) is 9.44. The van der Waals surface area contributed by atoms with E-state index in [0.717, 1.165) is 19.3 Å². The van der Waals surface area contributed by atoms with E-state index in [1.165, 1.54) is 6.42 Å². The van der Waals surface area contributed by atoms with Crippen LogP contribution in [0.5, 0.6) is 0 Å². The molecular weight excluding hydrogens is 314 g/mol. The maximum Gasteiger partial charge on any atom is 0.273 e. The molecule has 2 N–H and O–H groups in total. The Bertz CT molecular complexity index is 630. The summed E-state index contributed by atoms with van der Waals surface area (Å²) in [6.45, 7) is 4.41. The smallest absolute Gasteiger partial charge is 0.273 e. The molecule has 8 heteroatoms. The van der Waals surface area contributed by atoms with Crippen LogP contribution in [0.1, 0.15) is 55.7 Å². The molecule has 1 aromatic heterocycles. The van der Waals surface area contributed by atoms with Crippen molar-refractivity contribution in [3.05, 3.63) is 11.4 Å². The van der Waals surface area contributed by atoms with Gasteiger partial charge < -0.3 is 5.32 Å². The van der Waals surface area contributed by atoms with Crippen LogP contribution in [0.4, 0.5) is 0 Å². The van der Waals surface area contributed by atoms with Gasteiger partial charge in [0.15, 0.2) is 5.69 Å². The molecule has 1 aliphatic rings. The van der Waals surface area contributed by atoms with E-state index in [1.54, 1.807) is 6.92 Å². The minimum atomic E-state index is -4.01. The van der Waals surface area contributed by atoms with Crippen molar-refractivity contribution in [3.63, 3.8) is 0 Å². The van der Waals surface area contributed by atoms with Gasteiger partial charge in [-0.2, -0.15) is 5.10 Å². The fourth-order valence-electron chi connectivity index (χ4n) is 2.71. The van der Waals surface area contributed by atoms with Gasteiger partial charge in [-0.3, -0.25) is 9.89 Å². The Morgan fingerprint density at radius 3 is 2.52 bits per heavy atom. The Morgan fingerprint density at radius 1 is 1.43 bits per heavy atom. The number of nitrogens with zero attached hydrogens (tertiary/aromatic N) is 1. The standard InChI is InChI=1S/C13H20ClN3O3S/c1-3-9-11(21(14,19)20)10(17-16-9)12(18)15-8-13(4-2)6-5-7-13/h3-8H2,1-2H3,(H,15,18)(H,16,17). The highest BCUT2D eigenvalue weighted by Crippen LogP contribution is 2.43. The number of aromatic nitrogens is 2. The van der Waals surface area contributed by atoms with Crippen molar-refractivity contribution in [2.24, 2.45) is 5.41 Å². The normalized spacial score (nSPS) is 17.3. The van der Waals surface area contributed by atoms with Crippen LogP contribution in [0.2, 0.25) is 0 Å². The van der Waals surface area contributed by atoms with E-state index in [2.05, 4.69) is 22.4 Å². The summed E-state index contributed by atoms with van der Waals surface area (Å²) in [4.78, 5) is 12.0. The second kappa shape index (κ2) is 5.96. The Labute approximate surface area is 129 Å². The van der Waals surface area contributed by atoms with Crippen LogP contribution < -0.4 is 5.32 Å². The van der Waals surface area contributed by atoms with Crippen molar-refractivity contribution in [2.75, 3.05) is 6.54 Å². The van der Waals surface area contributed by atoms with E-state index in [-0.39, 0.29) is 16.0 Å². The molecule has 0 spiro atoms. The van der Waals surface area contributed by atoms with Crippen molar-refractivity contribution < 1.29 is 13.2 Å². The zero-order valence-electron chi connectivity index (χ0n) is 12.2. The highest BCUT2D eigenvalue weighted by molar-refractivity contribution is 8.13.